The molecule has 7 aromatic rings. The molecule has 0 amide bonds. The Balaban J connectivity index is 1.41. The van der Waals surface area contributed by atoms with Gasteiger partial charge in [0, 0.05) is 40.1 Å². The molecule has 57 heavy (non-hydrogen) atoms. The molecule has 0 unspecified atom stereocenters. The number of nitrogens with zero attached hydrogens (tertiary/aromatic N) is 4. The summed E-state index contributed by atoms with van der Waals surface area (Å²) in [6.45, 7) is 24.5. The molecule has 296 valence electrons. The Morgan fingerprint density at radius 1 is 0.667 bits per heavy atom. The maximum absolute atomic E-state index is 13.9. The number of hydrogen-bond donors (Lipinski definition) is 0. The van der Waals surface area contributed by atoms with Gasteiger partial charge in [-0.1, -0.05) is 119 Å². The predicted octanol–water partition coefficient (Wildman–Crippen LogP) is 14.2. The number of fused-ring (bicyclic) bond motifs is 3. The van der Waals surface area contributed by atoms with Crippen molar-refractivity contribution >= 4 is 21.8 Å². The predicted molar refractivity (Wildman–Crippen MR) is 227 cm³/mol. The van der Waals surface area contributed by atoms with E-state index in [1.165, 1.54) is 17.3 Å². The van der Waals surface area contributed by atoms with Gasteiger partial charge in [0.1, 0.15) is 17.3 Å². The van der Waals surface area contributed by atoms with Crippen LogP contribution in [0.3, 0.4) is 0 Å². The maximum Gasteiger partial charge on any atom is 0.416 e. The lowest BCUT2D eigenvalue weighted by atomic mass is 9.80. The third kappa shape index (κ3) is 7.59. The number of rotatable bonds is 8. The highest BCUT2D eigenvalue weighted by Crippen LogP contribution is 2.44. The van der Waals surface area contributed by atoms with E-state index < -0.39 is 11.7 Å². The molecule has 0 saturated heterocycles. The van der Waals surface area contributed by atoms with E-state index in [9.17, 15) is 13.2 Å². The molecule has 5 nitrogen and oxygen atoms in total. The Kier molecular flexibility index (Phi) is 9.95. The van der Waals surface area contributed by atoms with E-state index in [-0.39, 0.29) is 28.0 Å². The van der Waals surface area contributed by atoms with Crippen LogP contribution in [0.4, 0.5) is 13.2 Å². The summed E-state index contributed by atoms with van der Waals surface area (Å²) in [5, 5.41) is 7.21. The molecule has 0 aliphatic heterocycles. The minimum atomic E-state index is -4.51. The van der Waals surface area contributed by atoms with Crippen molar-refractivity contribution in [2.75, 3.05) is 0 Å². The largest absolute Gasteiger partial charge is 0.457 e. The van der Waals surface area contributed by atoms with Crippen molar-refractivity contribution in [3.8, 4) is 34.1 Å². The number of aromatic nitrogens is 4. The molecular weight excluding hydrogens is 718 g/mol. The van der Waals surface area contributed by atoms with Gasteiger partial charge in [0.05, 0.1) is 33.7 Å². The summed E-state index contributed by atoms with van der Waals surface area (Å²) in [4.78, 5) is 4.40. The fourth-order valence-electron chi connectivity index (χ4n) is 7.55. The minimum Gasteiger partial charge on any atom is -0.457 e. The van der Waals surface area contributed by atoms with Crippen molar-refractivity contribution in [2.45, 2.75) is 111 Å². The molecular formula is C49H53F3N4O. The van der Waals surface area contributed by atoms with Gasteiger partial charge in [-0.3, -0.25) is 4.57 Å². The molecule has 0 aliphatic carbocycles. The lowest BCUT2D eigenvalue weighted by Gasteiger charge is -2.28. The number of hydrogen-bond acceptors (Lipinski definition) is 3. The molecule has 0 fully saturated rings. The molecule has 0 radical (unpaired) electrons. The van der Waals surface area contributed by atoms with E-state index >= 15 is 0 Å². The summed E-state index contributed by atoms with van der Waals surface area (Å²) in [5.74, 6) is 1.53. The quantitative estimate of drug-likeness (QED) is 0.155. The Bertz CT molecular complexity index is 2590. The molecule has 0 aliphatic rings. The second-order valence-corrected chi connectivity index (χ2v) is 18.2. The van der Waals surface area contributed by atoms with E-state index in [1.54, 1.807) is 4.57 Å². The summed E-state index contributed by atoms with van der Waals surface area (Å²) < 4.78 is 52.3. The average Bonchev–Trinajstić information content (AvgIpc) is 3.71. The lowest BCUT2D eigenvalue weighted by molar-refractivity contribution is -0.137. The molecule has 3 aromatic heterocycles. The zero-order valence-electron chi connectivity index (χ0n) is 34.9. The first-order valence-electron chi connectivity index (χ1n) is 19.8. The molecule has 0 atom stereocenters. The van der Waals surface area contributed by atoms with E-state index in [4.69, 9.17) is 9.84 Å². The summed E-state index contributed by atoms with van der Waals surface area (Å²) in [5.41, 5.74) is 8.04. The fourth-order valence-corrected chi connectivity index (χ4v) is 7.55. The number of benzene rings is 4. The third-order valence-electron chi connectivity index (χ3n) is 11.2. The van der Waals surface area contributed by atoms with Gasteiger partial charge in [0.15, 0.2) is 0 Å². The Morgan fingerprint density at radius 2 is 1.33 bits per heavy atom. The second-order valence-electron chi connectivity index (χ2n) is 18.2. The van der Waals surface area contributed by atoms with Crippen LogP contribution in [0.1, 0.15) is 117 Å². The van der Waals surface area contributed by atoms with Crippen LogP contribution >= 0.6 is 0 Å². The van der Waals surface area contributed by atoms with Gasteiger partial charge in [-0.25, -0.2) is 9.67 Å². The SMILES string of the molecule is CCC(C)(C)c1c(-c2ccc(C(C)(C)C)cc2)c(C(C)C)nn1-c1cc(Oc2ccc3c4ccccc4n(-c4cc(C(F)(F)F)ccn4)c3c2)cc(C(C)(C)C)c1. The van der Waals surface area contributed by atoms with Crippen LogP contribution in [0.2, 0.25) is 0 Å². The Morgan fingerprint density at radius 3 is 1.96 bits per heavy atom. The normalized spacial score (nSPS) is 13.0. The van der Waals surface area contributed by atoms with Gasteiger partial charge in [0.25, 0.3) is 0 Å². The van der Waals surface area contributed by atoms with Crippen molar-refractivity contribution in [2.24, 2.45) is 0 Å². The molecule has 4 aromatic carbocycles. The first kappa shape index (κ1) is 39.8. The van der Waals surface area contributed by atoms with Gasteiger partial charge in [-0.2, -0.15) is 18.3 Å². The molecule has 7 rings (SSSR count). The first-order valence-corrected chi connectivity index (χ1v) is 19.8. The minimum absolute atomic E-state index is 0.0368. The average molecular weight is 771 g/mol. The van der Waals surface area contributed by atoms with Crippen molar-refractivity contribution in [1.82, 2.24) is 19.3 Å². The number of alkyl halides is 3. The van der Waals surface area contributed by atoms with Crippen LogP contribution in [0.15, 0.2) is 103 Å². The van der Waals surface area contributed by atoms with Crippen LogP contribution in [-0.2, 0) is 22.4 Å². The van der Waals surface area contributed by atoms with Gasteiger partial charge in [-0.15, -0.1) is 0 Å². The topological polar surface area (TPSA) is 44.9 Å². The number of para-hydroxylation sites is 1. The van der Waals surface area contributed by atoms with Crippen molar-refractivity contribution in [1.29, 1.82) is 0 Å². The van der Waals surface area contributed by atoms with Gasteiger partial charge >= 0.3 is 6.18 Å². The molecule has 8 heteroatoms. The van der Waals surface area contributed by atoms with Crippen molar-refractivity contribution in [3.05, 3.63) is 131 Å². The highest BCUT2D eigenvalue weighted by atomic mass is 19.4. The van der Waals surface area contributed by atoms with E-state index in [1.807, 2.05) is 48.5 Å². The Labute approximate surface area is 334 Å². The second kappa shape index (κ2) is 14.2. The van der Waals surface area contributed by atoms with Crippen molar-refractivity contribution in [3.63, 3.8) is 0 Å². The zero-order valence-corrected chi connectivity index (χ0v) is 34.9. The van der Waals surface area contributed by atoms with Crippen LogP contribution in [0.5, 0.6) is 11.5 Å². The molecule has 0 spiro atoms. The van der Waals surface area contributed by atoms with Crippen LogP contribution < -0.4 is 4.74 Å². The van der Waals surface area contributed by atoms with Crippen LogP contribution in [0.25, 0.3) is 44.4 Å². The van der Waals surface area contributed by atoms with Gasteiger partial charge in [-0.05, 0) is 82.3 Å². The Hall–Kier alpha value is -5.37. The number of halogens is 3. The van der Waals surface area contributed by atoms with Gasteiger partial charge < -0.3 is 4.74 Å². The molecule has 0 N–H and O–H groups in total. The number of ether oxygens (including phenoxy) is 1. The van der Waals surface area contributed by atoms with E-state index in [2.05, 4.69) is 122 Å². The lowest BCUT2D eigenvalue weighted by Crippen LogP contribution is -2.22. The molecule has 0 saturated carbocycles. The molecule has 3 heterocycles. The monoisotopic (exact) mass is 770 g/mol. The summed E-state index contributed by atoms with van der Waals surface area (Å²) in [7, 11) is 0. The smallest absolute Gasteiger partial charge is 0.416 e. The zero-order chi connectivity index (χ0) is 41.2. The standard InChI is InChI=1S/C49H53F3N4O/c1-12-48(10,11)45-43(31-17-19-32(20-18-31)46(4,5)6)44(30(2)3)54-56(45)35-25-34(47(7,8)9)26-37(28-35)57-36-21-22-39-38-15-13-14-16-40(38)55(41(39)29-36)42-27-33(23-24-53-42)49(50,51)52/h13-30H,12H2,1-11H3. The highest BCUT2D eigenvalue weighted by Gasteiger charge is 2.34. The highest BCUT2D eigenvalue weighted by molar-refractivity contribution is 6.09. The fraction of sp³-hybridized carbons (Fsp3) is 0.347. The maximum atomic E-state index is 13.9. The number of pyridine rings is 1. The molecule has 0 bridgehead atoms. The van der Waals surface area contributed by atoms with Crippen molar-refractivity contribution < 1.29 is 17.9 Å². The summed E-state index contributed by atoms with van der Waals surface area (Å²) in [6.07, 6.45) is -2.39. The van der Waals surface area contributed by atoms with E-state index in [0.717, 1.165) is 63.0 Å². The van der Waals surface area contributed by atoms with Crippen LogP contribution in [0, 0.1) is 0 Å². The van der Waals surface area contributed by atoms with E-state index in [0.29, 0.717) is 17.0 Å². The third-order valence-corrected chi connectivity index (χ3v) is 11.2. The van der Waals surface area contributed by atoms with Gasteiger partial charge in [0.2, 0.25) is 0 Å². The first-order chi connectivity index (χ1) is 26.7. The van der Waals surface area contributed by atoms with Crippen LogP contribution in [-0.4, -0.2) is 19.3 Å². The summed E-state index contributed by atoms with van der Waals surface area (Å²) >= 11 is 0. The summed E-state index contributed by atoms with van der Waals surface area (Å²) in [6, 6.07) is 30.8.